The lowest BCUT2D eigenvalue weighted by Crippen LogP contribution is -2.04. The molecule has 4 heteroatoms. The van der Waals surface area contributed by atoms with Crippen molar-refractivity contribution in [2.75, 3.05) is 0 Å². The van der Waals surface area contributed by atoms with Crippen LogP contribution in [0.4, 0.5) is 0 Å². The first-order chi connectivity index (χ1) is 10.5. The third-order valence-corrected chi connectivity index (χ3v) is 3.82. The van der Waals surface area contributed by atoms with Crippen LogP contribution in [0, 0.1) is 6.92 Å². The molecule has 22 heavy (non-hydrogen) atoms. The van der Waals surface area contributed by atoms with Crippen LogP contribution in [0.3, 0.4) is 0 Å². The number of hydrogen-bond acceptors (Lipinski definition) is 3. The second-order valence-corrected chi connectivity index (χ2v) is 5.88. The quantitative estimate of drug-likeness (QED) is 0.475. The van der Waals surface area contributed by atoms with Crippen molar-refractivity contribution in [2.24, 2.45) is 5.16 Å². The van der Waals surface area contributed by atoms with Crippen molar-refractivity contribution in [1.29, 1.82) is 0 Å². The fraction of sp³-hybridized carbons (Fsp3) is 0.278. The van der Waals surface area contributed by atoms with Gasteiger partial charge in [-0.2, -0.15) is 0 Å². The van der Waals surface area contributed by atoms with Crippen LogP contribution in [0.15, 0.2) is 47.6 Å². The van der Waals surface area contributed by atoms with E-state index in [1.54, 1.807) is 0 Å². The molecule has 0 saturated carbocycles. The molecule has 0 aliphatic heterocycles. The van der Waals surface area contributed by atoms with E-state index in [0.29, 0.717) is 23.8 Å². The highest BCUT2D eigenvalue weighted by Crippen LogP contribution is 2.30. The van der Waals surface area contributed by atoms with E-state index < -0.39 is 0 Å². The van der Waals surface area contributed by atoms with Crippen LogP contribution in [0.2, 0.25) is 0 Å². The number of ether oxygens (including phenoxy) is 1. The van der Waals surface area contributed by atoms with E-state index in [2.05, 4.69) is 19.0 Å². The summed E-state index contributed by atoms with van der Waals surface area (Å²) in [5.74, 6) is 0.971. The Morgan fingerprint density at radius 2 is 1.91 bits per heavy atom. The first kappa shape index (κ1) is 16.4. The van der Waals surface area contributed by atoms with Gasteiger partial charge in [0.05, 0.1) is 5.56 Å². The lowest BCUT2D eigenvalue weighted by Gasteiger charge is -2.16. The third-order valence-electron chi connectivity index (χ3n) is 3.54. The van der Waals surface area contributed by atoms with E-state index in [-0.39, 0.29) is 5.17 Å². The van der Waals surface area contributed by atoms with Crippen molar-refractivity contribution in [2.45, 2.75) is 33.3 Å². The molecule has 0 aliphatic carbocycles. The third kappa shape index (κ3) is 3.80. The van der Waals surface area contributed by atoms with Crippen LogP contribution in [-0.4, -0.2) is 10.4 Å². The molecule has 2 aromatic rings. The molecule has 0 heterocycles. The maximum atomic E-state index is 9.00. The summed E-state index contributed by atoms with van der Waals surface area (Å²) in [7, 11) is 0. The van der Waals surface area contributed by atoms with Gasteiger partial charge in [0.1, 0.15) is 12.4 Å². The molecule has 2 rings (SSSR count). The van der Waals surface area contributed by atoms with Gasteiger partial charge in [0, 0.05) is 0 Å². The summed E-state index contributed by atoms with van der Waals surface area (Å²) < 4.78 is 5.89. The van der Waals surface area contributed by atoms with Crippen molar-refractivity contribution in [3.8, 4) is 5.75 Å². The predicted molar refractivity (Wildman–Crippen MR) is 90.2 cm³/mol. The molecule has 0 amide bonds. The highest BCUT2D eigenvalue weighted by molar-refractivity contribution is 6.69. The van der Waals surface area contributed by atoms with E-state index in [1.807, 2.05) is 49.4 Å². The summed E-state index contributed by atoms with van der Waals surface area (Å²) >= 11 is 6.03. The molecule has 0 fully saturated rings. The van der Waals surface area contributed by atoms with Crippen molar-refractivity contribution < 1.29 is 9.94 Å². The van der Waals surface area contributed by atoms with Gasteiger partial charge >= 0.3 is 0 Å². The van der Waals surface area contributed by atoms with Crippen LogP contribution in [0.25, 0.3) is 0 Å². The Hall–Kier alpha value is -2.00. The highest BCUT2D eigenvalue weighted by atomic mass is 35.5. The molecule has 0 atom stereocenters. The molecule has 0 radical (unpaired) electrons. The summed E-state index contributed by atoms with van der Waals surface area (Å²) in [6.07, 6.45) is 0. The SMILES string of the molecule is Cc1cc(OCc2ccccc2)c(/C(Cl)=N/O)cc1C(C)C. The van der Waals surface area contributed by atoms with Gasteiger partial charge in [0.25, 0.3) is 0 Å². The standard InChI is InChI=1S/C18H20ClNO2/c1-12(2)15-10-16(18(19)20-21)17(9-13(15)3)22-11-14-7-5-4-6-8-14/h4-10,12,21H,11H2,1-3H3/b20-18-. The minimum Gasteiger partial charge on any atom is -0.488 e. The Morgan fingerprint density at radius 3 is 2.50 bits per heavy atom. The molecule has 0 aromatic heterocycles. The Bertz CT molecular complexity index is 666. The molecule has 116 valence electrons. The Labute approximate surface area is 136 Å². The normalized spacial score (nSPS) is 11.8. The monoisotopic (exact) mass is 317 g/mol. The van der Waals surface area contributed by atoms with Crippen molar-refractivity contribution in [1.82, 2.24) is 0 Å². The smallest absolute Gasteiger partial charge is 0.179 e. The minimum atomic E-state index is 0.0324. The predicted octanol–water partition coefficient (Wildman–Crippen LogP) is 5.07. The van der Waals surface area contributed by atoms with Crippen LogP contribution in [0.1, 0.15) is 42.0 Å². The van der Waals surface area contributed by atoms with Crippen LogP contribution in [0.5, 0.6) is 5.75 Å². The number of benzene rings is 2. The maximum absolute atomic E-state index is 9.00. The second-order valence-electron chi connectivity index (χ2n) is 5.52. The number of aryl methyl sites for hydroxylation is 1. The molecule has 0 saturated heterocycles. The van der Waals surface area contributed by atoms with Gasteiger partial charge < -0.3 is 9.94 Å². The lowest BCUT2D eigenvalue weighted by atomic mass is 9.95. The topological polar surface area (TPSA) is 41.8 Å². The van der Waals surface area contributed by atoms with Gasteiger partial charge in [-0.05, 0) is 41.7 Å². The Balaban J connectivity index is 2.35. The van der Waals surface area contributed by atoms with Gasteiger partial charge in [0.2, 0.25) is 0 Å². The average molecular weight is 318 g/mol. The lowest BCUT2D eigenvalue weighted by molar-refractivity contribution is 0.303. The molecule has 1 N–H and O–H groups in total. The number of nitrogens with zero attached hydrogens (tertiary/aromatic N) is 1. The number of oxime groups is 1. The van der Waals surface area contributed by atoms with Crippen LogP contribution in [-0.2, 0) is 6.61 Å². The Morgan fingerprint density at radius 1 is 1.23 bits per heavy atom. The van der Waals surface area contributed by atoms with Gasteiger partial charge in [-0.3, -0.25) is 0 Å². The Kier molecular flexibility index (Phi) is 5.45. The fourth-order valence-electron chi connectivity index (χ4n) is 2.39. The molecule has 0 unspecified atom stereocenters. The zero-order valence-electron chi connectivity index (χ0n) is 13.0. The zero-order chi connectivity index (χ0) is 16.1. The molecular weight excluding hydrogens is 298 g/mol. The molecule has 0 bridgehead atoms. The van der Waals surface area contributed by atoms with E-state index >= 15 is 0 Å². The van der Waals surface area contributed by atoms with Crippen molar-refractivity contribution >= 4 is 16.8 Å². The van der Waals surface area contributed by atoms with Crippen molar-refractivity contribution in [3.05, 3.63) is 64.7 Å². The van der Waals surface area contributed by atoms with E-state index in [1.165, 1.54) is 0 Å². The summed E-state index contributed by atoms with van der Waals surface area (Å²) in [5.41, 5.74) is 3.96. The zero-order valence-corrected chi connectivity index (χ0v) is 13.8. The largest absolute Gasteiger partial charge is 0.488 e. The summed E-state index contributed by atoms with van der Waals surface area (Å²) in [6, 6.07) is 13.8. The van der Waals surface area contributed by atoms with E-state index in [4.69, 9.17) is 21.5 Å². The van der Waals surface area contributed by atoms with Gasteiger partial charge in [-0.15, -0.1) is 0 Å². The van der Waals surface area contributed by atoms with Crippen LogP contribution >= 0.6 is 11.6 Å². The van der Waals surface area contributed by atoms with Crippen LogP contribution < -0.4 is 4.74 Å². The fourth-order valence-corrected chi connectivity index (χ4v) is 2.54. The van der Waals surface area contributed by atoms with Gasteiger partial charge in [-0.25, -0.2) is 0 Å². The summed E-state index contributed by atoms with van der Waals surface area (Å²) in [4.78, 5) is 0. The molecular formula is C18H20ClNO2. The molecule has 3 nitrogen and oxygen atoms in total. The molecule has 2 aromatic carbocycles. The van der Waals surface area contributed by atoms with E-state index in [9.17, 15) is 0 Å². The average Bonchev–Trinajstić information content (AvgIpc) is 2.52. The van der Waals surface area contributed by atoms with E-state index in [0.717, 1.165) is 16.7 Å². The highest BCUT2D eigenvalue weighted by Gasteiger charge is 2.15. The number of halogens is 1. The summed E-state index contributed by atoms with van der Waals surface area (Å²) in [5, 5.41) is 12.1. The number of rotatable bonds is 5. The second kappa shape index (κ2) is 7.32. The minimum absolute atomic E-state index is 0.0324. The first-order valence-electron chi connectivity index (χ1n) is 7.22. The molecule has 0 aliphatic rings. The van der Waals surface area contributed by atoms with Crippen molar-refractivity contribution in [3.63, 3.8) is 0 Å². The number of hydrogen-bond donors (Lipinski definition) is 1. The maximum Gasteiger partial charge on any atom is 0.179 e. The molecule has 0 spiro atoms. The first-order valence-corrected chi connectivity index (χ1v) is 7.60. The van der Waals surface area contributed by atoms with Gasteiger partial charge in [0.15, 0.2) is 5.17 Å². The van der Waals surface area contributed by atoms with Gasteiger partial charge in [-0.1, -0.05) is 60.9 Å². The summed E-state index contributed by atoms with van der Waals surface area (Å²) in [6.45, 7) is 6.70.